The minimum atomic E-state index is -4.47. The van der Waals surface area contributed by atoms with E-state index >= 15 is 0 Å². The van der Waals surface area contributed by atoms with E-state index in [1.165, 1.54) is 11.9 Å². The van der Waals surface area contributed by atoms with Crippen molar-refractivity contribution in [2.75, 3.05) is 31.3 Å². The number of anilines is 2. The number of amides is 1. The molecule has 0 radical (unpaired) electrons. The molecule has 0 saturated heterocycles. The molecule has 1 unspecified atom stereocenters. The van der Waals surface area contributed by atoms with Gasteiger partial charge >= 0.3 is 6.18 Å². The van der Waals surface area contributed by atoms with Crippen molar-refractivity contribution in [3.8, 4) is 0 Å². The van der Waals surface area contributed by atoms with Crippen molar-refractivity contribution >= 4 is 17.5 Å². The average molecular weight is 304 g/mol. The van der Waals surface area contributed by atoms with Gasteiger partial charge in [0.2, 0.25) is 5.91 Å². The fraction of sp³-hybridized carbons (Fsp3) is 0.538. The molecule has 0 bridgehead atoms. The van der Waals surface area contributed by atoms with E-state index in [1.54, 1.807) is 14.0 Å². The fourth-order valence-electron chi connectivity index (χ4n) is 1.67. The molecular weight excluding hydrogens is 285 g/mol. The number of nitrogens with one attached hydrogen (secondary N) is 2. The Bertz CT molecular complexity index is 505. The first-order chi connectivity index (χ1) is 9.68. The Hall–Kier alpha value is -1.99. The monoisotopic (exact) mass is 304 g/mol. The largest absolute Gasteiger partial charge is 0.416 e. The first-order valence-corrected chi connectivity index (χ1v) is 6.47. The maximum Gasteiger partial charge on any atom is 0.416 e. The third-order valence-electron chi connectivity index (χ3n) is 2.99. The van der Waals surface area contributed by atoms with E-state index in [-0.39, 0.29) is 17.5 Å². The molecule has 5 nitrogen and oxygen atoms in total. The van der Waals surface area contributed by atoms with Gasteiger partial charge in [0.15, 0.2) is 0 Å². The van der Waals surface area contributed by atoms with Crippen LogP contribution in [-0.4, -0.2) is 42.5 Å². The quantitative estimate of drug-likeness (QED) is 0.877. The number of carbonyl (C=O) groups excluding carboxylic acids is 1. The Morgan fingerprint density at radius 1 is 1.38 bits per heavy atom. The topological polar surface area (TPSA) is 57.3 Å². The minimum Gasteiger partial charge on any atom is -0.373 e. The van der Waals surface area contributed by atoms with Crippen LogP contribution in [0, 0.1) is 0 Å². The van der Waals surface area contributed by atoms with Gasteiger partial charge in [-0.3, -0.25) is 4.79 Å². The maximum absolute atomic E-state index is 12.8. The molecule has 0 aliphatic heterocycles. The van der Waals surface area contributed by atoms with E-state index < -0.39 is 17.8 Å². The molecule has 21 heavy (non-hydrogen) atoms. The van der Waals surface area contributed by atoms with E-state index in [9.17, 15) is 18.0 Å². The third-order valence-corrected chi connectivity index (χ3v) is 2.99. The van der Waals surface area contributed by atoms with Gasteiger partial charge in [0.05, 0.1) is 5.56 Å². The summed E-state index contributed by atoms with van der Waals surface area (Å²) < 4.78 is 38.4. The van der Waals surface area contributed by atoms with Crippen LogP contribution in [0.25, 0.3) is 0 Å². The Balaban J connectivity index is 3.00. The Morgan fingerprint density at radius 2 is 1.95 bits per heavy atom. The van der Waals surface area contributed by atoms with Crippen LogP contribution >= 0.6 is 0 Å². The molecule has 1 aromatic heterocycles. The molecular formula is C13H19F3N4O. The summed E-state index contributed by atoms with van der Waals surface area (Å²) in [5.74, 6) is -0.141. The normalized spacial score (nSPS) is 12.7. The summed E-state index contributed by atoms with van der Waals surface area (Å²) in [6.07, 6.45) is -4.47. The Kier molecular flexibility index (Phi) is 5.40. The summed E-state index contributed by atoms with van der Waals surface area (Å²) in [6, 6.07) is 1.13. The first kappa shape index (κ1) is 17.1. The number of likely N-dealkylation sites (N-methyl/N-ethyl adjacent to an activating group) is 1. The predicted molar refractivity (Wildman–Crippen MR) is 75.2 cm³/mol. The summed E-state index contributed by atoms with van der Waals surface area (Å²) >= 11 is 0. The molecule has 1 atom stereocenters. The van der Waals surface area contributed by atoms with Crippen LogP contribution in [0.3, 0.4) is 0 Å². The fourth-order valence-corrected chi connectivity index (χ4v) is 1.67. The number of alkyl halides is 3. The number of hydrogen-bond acceptors (Lipinski definition) is 4. The molecule has 0 aliphatic rings. The van der Waals surface area contributed by atoms with E-state index in [1.807, 2.05) is 6.92 Å². The molecule has 0 fully saturated rings. The first-order valence-electron chi connectivity index (χ1n) is 6.47. The smallest absolute Gasteiger partial charge is 0.373 e. The second-order valence-electron chi connectivity index (χ2n) is 4.59. The van der Waals surface area contributed by atoms with Crippen LogP contribution < -0.4 is 10.6 Å². The zero-order valence-corrected chi connectivity index (χ0v) is 12.4. The lowest BCUT2D eigenvalue weighted by atomic mass is 10.2. The van der Waals surface area contributed by atoms with Gasteiger partial charge in [-0.1, -0.05) is 0 Å². The molecule has 1 rings (SSSR count). The Labute approximate surface area is 121 Å². The van der Waals surface area contributed by atoms with Gasteiger partial charge in [-0.15, -0.1) is 0 Å². The van der Waals surface area contributed by atoms with E-state index in [4.69, 9.17) is 0 Å². The maximum atomic E-state index is 12.8. The number of aromatic nitrogens is 1. The molecule has 0 saturated carbocycles. The van der Waals surface area contributed by atoms with E-state index in [2.05, 4.69) is 15.6 Å². The lowest BCUT2D eigenvalue weighted by Crippen LogP contribution is -2.39. The van der Waals surface area contributed by atoms with Crippen LogP contribution in [0.5, 0.6) is 0 Å². The van der Waals surface area contributed by atoms with Gasteiger partial charge < -0.3 is 15.5 Å². The summed E-state index contributed by atoms with van der Waals surface area (Å²) in [7, 11) is 3.10. The second-order valence-corrected chi connectivity index (χ2v) is 4.59. The van der Waals surface area contributed by atoms with E-state index in [0.717, 1.165) is 12.1 Å². The molecule has 1 amide bonds. The molecule has 0 spiro atoms. The number of rotatable bonds is 5. The van der Waals surface area contributed by atoms with Crippen molar-refractivity contribution in [1.82, 2.24) is 9.88 Å². The minimum absolute atomic E-state index is 0.000437. The number of pyridine rings is 1. The van der Waals surface area contributed by atoms with Crippen LogP contribution in [-0.2, 0) is 11.0 Å². The van der Waals surface area contributed by atoms with Crippen molar-refractivity contribution in [3.63, 3.8) is 0 Å². The van der Waals surface area contributed by atoms with Gasteiger partial charge in [0, 0.05) is 20.6 Å². The number of carbonyl (C=O) groups is 1. The SMILES string of the molecule is CCN(C)C(=O)C(C)Nc1cc(C(F)(F)F)cc(NC)n1. The molecule has 8 heteroatoms. The van der Waals surface area contributed by atoms with Crippen molar-refractivity contribution in [2.45, 2.75) is 26.1 Å². The lowest BCUT2D eigenvalue weighted by Gasteiger charge is -2.21. The van der Waals surface area contributed by atoms with Crippen molar-refractivity contribution in [1.29, 1.82) is 0 Å². The molecule has 0 aliphatic carbocycles. The molecule has 0 aromatic carbocycles. The summed E-state index contributed by atoms with van der Waals surface area (Å²) in [5, 5.41) is 5.27. The summed E-state index contributed by atoms with van der Waals surface area (Å²) in [6.45, 7) is 3.91. The van der Waals surface area contributed by atoms with Crippen molar-refractivity contribution in [3.05, 3.63) is 17.7 Å². The van der Waals surface area contributed by atoms with Crippen LogP contribution in [0.1, 0.15) is 19.4 Å². The van der Waals surface area contributed by atoms with Gasteiger partial charge in [0.25, 0.3) is 0 Å². The standard InChI is InChI=1S/C13H19F3N4O/c1-5-20(4)12(21)8(2)18-11-7-9(13(14,15)16)6-10(17-3)19-11/h6-8H,5H2,1-4H3,(H2,17,18,19). The highest BCUT2D eigenvalue weighted by Crippen LogP contribution is 2.32. The molecule has 1 heterocycles. The number of nitrogens with zero attached hydrogens (tertiary/aromatic N) is 2. The summed E-state index contributed by atoms with van der Waals surface area (Å²) in [5.41, 5.74) is -0.826. The molecule has 2 N–H and O–H groups in total. The molecule has 118 valence electrons. The third kappa shape index (κ3) is 4.51. The Morgan fingerprint density at radius 3 is 2.43 bits per heavy atom. The van der Waals surface area contributed by atoms with Gasteiger partial charge in [-0.2, -0.15) is 13.2 Å². The number of halogens is 3. The van der Waals surface area contributed by atoms with Crippen LogP contribution in [0.4, 0.5) is 24.8 Å². The number of hydrogen-bond donors (Lipinski definition) is 2. The highest BCUT2D eigenvalue weighted by Gasteiger charge is 2.32. The zero-order chi connectivity index (χ0) is 16.2. The lowest BCUT2D eigenvalue weighted by molar-refractivity contribution is -0.137. The van der Waals surface area contributed by atoms with Gasteiger partial charge in [-0.05, 0) is 26.0 Å². The van der Waals surface area contributed by atoms with Crippen molar-refractivity contribution in [2.24, 2.45) is 0 Å². The highest BCUT2D eigenvalue weighted by molar-refractivity contribution is 5.83. The zero-order valence-electron chi connectivity index (χ0n) is 12.4. The summed E-state index contributed by atoms with van der Waals surface area (Å²) in [4.78, 5) is 17.4. The van der Waals surface area contributed by atoms with Gasteiger partial charge in [0.1, 0.15) is 17.7 Å². The van der Waals surface area contributed by atoms with E-state index in [0.29, 0.717) is 6.54 Å². The van der Waals surface area contributed by atoms with Gasteiger partial charge in [-0.25, -0.2) is 4.98 Å². The highest BCUT2D eigenvalue weighted by atomic mass is 19.4. The van der Waals surface area contributed by atoms with Crippen molar-refractivity contribution < 1.29 is 18.0 Å². The molecule has 1 aromatic rings. The predicted octanol–water partition coefficient (Wildman–Crippen LogP) is 2.42. The second kappa shape index (κ2) is 6.64. The van der Waals surface area contributed by atoms with Crippen LogP contribution in [0.15, 0.2) is 12.1 Å². The van der Waals surface area contributed by atoms with Crippen LogP contribution in [0.2, 0.25) is 0 Å². The average Bonchev–Trinajstić information content (AvgIpc) is 2.44.